The Morgan fingerprint density at radius 2 is 1.76 bits per heavy atom. The van der Waals surface area contributed by atoms with E-state index in [9.17, 15) is 14.4 Å². The summed E-state index contributed by atoms with van der Waals surface area (Å²) >= 11 is 0. The number of ether oxygens (including phenoxy) is 1. The van der Waals surface area contributed by atoms with Gasteiger partial charge in [-0.15, -0.1) is 0 Å². The predicted molar refractivity (Wildman–Crippen MR) is 91.5 cm³/mol. The zero-order valence-electron chi connectivity index (χ0n) is 14.7. The molecule has 134 valence electrons. The van der Waals surface area contributed by atoms with Crippen molar-refractivity contribution in [3.05, 3.63) is 35.9 Å². The first-order valence-corrected chi connectivity index (χ1v) is 8.80. The van der Waals surface area contributed by atoms with Crippen LogP contribution in [0.1, 0.15) is 44.8 Å². The van der Waals surface area contributed by atoms with Gasteiger partial charge < -0.3 is 9.64 Å². The van der Waals surface area contributed by atoms with E-state index >= 15 is 0 Å². The molecule has 3 unspecified atom stereocenters. The second-order valence-electron chi connectivity index (χ2n) is 6.74. The van der Waals surface area contributed by atoms with Crippen LogP contribution in [0.25, 0.3) is 0 Å². The fourth-order valence-corrected chi connectivity index (χ4v) is 3.71. The van der Waals surface area contributed by atoms with Crippen molar-refractivity contribution in [2.75, 3.05) is 13.2 Å². The number of benzene rings is 1. The van der Waals surface area contributed by atoms with E-state index in [2.05, 4.69) is 0 Å². The number of hydrogen-bond donors (Lipinski definition) is 0. The number of rotatable bonds is 4. The van der Waals surface area contributed by atoms with Gasteiger partial charge in [0.1, 0.15) is 6.10 Å². The summed E-state index contributed by atoms with van der Waals surface area (Å²) in [4.78, 5) is 39.2. The third kappa shape index (κ3) is 3.58. The number of likely N-dealkylation sites (tertiary alicyclic amines) is 1. The van der Waals surface area contributed by atoms with Gasteiger partial charge in [-0.05, 0) is 19.4 Å². The minimum absolute atomic E-state index is 0.0348. The standard InChI is InChI=1S/C19H24N2O4/c1-13-12-25-19(15-6-4-3-5-7-15)14(2)21(13)18(24)10-11-20-16(22)8-9-17(20)23/h3-7,13-14,19H,8-12H2,1-2H3. The monoisotopic (exact) mass is 344 g/mol. The summed E-state index contributed by atoms with van der Waals surface area (Å²) in [5.41, 5.74) is 1.05. The lowest BCUT2D eigenvalue weighted by atomic mass is 9.98. The number of carbonyl (C=O) groups excluding carboxylic acids is 3. The van der Waals surface area contributed by atoms with Crippen molar-refractivity contribution in [1.82, 2.24) is 9.80 Å². The maximum atomic E-state index is 12.8. The zero-order chi connectivity index (χ0) is 18.0. The van der Waals surface area contributed by atoms with Gasteiger partial charge in [-0.1, -0.05) is 30.3 Å². The van der Waals surface area contributed by atoms with E-state index in [0.717, 1.165) is 5.56 Å². The van der Waals surface area contributed by atoms with Crippen molar-refractivity contribution in [3.8, 4) is 0 Å². The quantitative estimate of drug-likeness (QED) is 0.783. The van der Waals surface area contributed by atoms with Gasteiger partial charge in [-0.25, -0.2) is 0 Å². The first-order valence-electron chi connectivity index (χ1n) is 8.80. The fraction of sp³-hybridized carbons (Fsp3) is 0.526. The van der Waals surface area contributed by atoms with Crippen LogP contribution in [-0.2, 0) is 19.1 Å². The first-order chi connectivity index (χ1) is 12.0. The Balaban J connectivity index is 1.67. The SMILES string of the molecule is CC1COC(c2ccccc2)C(C)N1C(=O)CCN1C(=O)CCC1=O. The number of nitrogens with zero attached hydrogens (tertiary/aromatic N) is 2. The van der Waals surface area contributed by atoms with Crippen molar-refractivity contribution in [1.29, 1.82) is 0 Å². The van der Waals surface area contributed by atoms with Crippen molar-refractivity contribution in [3.63, 3.8) is 0 Å². The van der Waals surface area contributed by atoms with Crippen molar-refractivity contribution in [2.45, 2.75) is 51.3 Å². The summed E-state index contributed by atoms with van der Waals surface area (Å²) in [6.07, 6.45) is 0.505. The molecule has 1 aromatic rings. The van der Waals surface area contributed by atoms with Gasteiger partial charge in [0.2, 0.25) is 17.7 Å². The minimum atomic E-state index is -0.178. The highest BCUT2D eigenvalue weighted by Gasteiger charge is 2.37. The molecule has 3 amide bonds. The third-order valence-corrected chi connectivity index (χ3v) is 4.99. The number of carbonyl (C=O) groups is 3. The summed E-state index contributed by atoms with van der Waals surface area (Å²) in [6.45, 7) is 4.58. The minimum Gasteiger partial charge on any atom is -0.369 e. The average molecular weight is 344 g/mol. The molecule has 0 saturated carbocycles. The smallest absolute Gasteiger partial charge is 0.229 e. The maximum absolute atomic E-state index is 12.8. The number of imide groups is 1. The van der Waals surface area contributed by atoms with E-state index in [4.69, 9.17) is 4.74 Å². The molecule has 6 heteroatoms. The Bertz CT molecular complexity index is 645. The van der Waals surface area contributed by atoms with Gasteiger partial charge >= 0.3 is 0 Å². The predicted octanol–water partition coefficient (Wildman–Crippen LogP) is 1.90. The van der Waals surface area contributed by atoms with Crippen LogP contribution in [0, 0.1) is 0 Å². The largest absolute Gasteiger partial charge is 0.369 e. The van der Waals surface area contributed by atoms with Gasteiger partial charge in [0, 0.05) is 25.8 Å². The Hall–Kier alpha value is -2.21. The van der Waals surface area contributed by atoms with Crippen molar-refractivity contribution >= 4 is 17.7 Å². The van der Waals surface area contributed by atoms with Gasteiger partial charge in [0.05, 0.1) is 18.7 Å². The average Bonchev–Trinajstić information content (AvgIpc) is 2.92. The molecule has 3 atom stereocenters. The van der Waals surface area contributed by atoms with E-state index in [0.29, 0.717) is 6.61 Å². The summed E-state index contributed by atoms with van der Waals surface area (Å²) in [5.74, 6) is -0.400. The van der Waals surface area contributed by atoms with Crippen molar-refractivity contribution in [2.24, 2.45) is 0 Å². The molecule has 25 heavy (non-hydrogen) atoms. The molecule has 6 nitrogen and oxygen atoms in total. The molecule has 0 aromatic heterocycles. The lowest BCUT2D eigenvalue weighted by Gasteiger charge is -2.44. The van der Waals surface area contributed by atoms with E-state index in [-0.39, 0.29) is 61.7 Å². The van der Waals surface area contributed by atoms with Gasteiger partial charge in [0.25, 0.3) is 0 Å². The van der Waals surface area contributed by atoms with Crippen LogP contribution >= 0.6 is 0 Å². The first kappa shape index (κ1) is 17.6. The molecule has 2 aliphatic heterocycles. The van der Waals surface area contributed by atoms with Crippen LogP contribution < -0.4 is 0 Å². The van der Waals surface area contributed by atoms with Crippen LogP contribution in [0.4, 0.5) is 0 Å². The second kappa shape index (κ2) is 7.35. The number of amides is 3. The molecular formula is C19H24N2O4. The third-order valence-electron chi connectivity index (χ3n) is 4.99. The van der Waals surface area contributed by atoms with E-state index < -0.39 is 0 Å². The molecule has 0 N–H and O–H groups in total. The zero-order valence-corrected chi connectivity index (χ0v) is 14.7. The van der Waals surface area contributed by atoms with Crippen LogP contribution in [0.15, 0.2) is 30.3 Å². The van der Waals surface area contributed by atoms with E-state index in [1.165, 1.54) is 4.90 Å². The fourth-order valence-electron chi connectivity index (χ4n) is 3.71. The summed E-state index contributed by atoms with van der Waals surface area (Å²) in [7, 11) is 0. The highest BCUT2D eigenvalue weighted by atomic mass is 16.5. The highest BCUT2D eigenvalue weighted by molar-refractivity contribution is 6.02. The van der Waals surface area contributed by atoms with Crippen LogP contribution in [-0.4, -0.2) is 52.8 Å². The molecule has 0 spiro atoms. The molecule has 2 fully saturated rings. The highest BCUT2D eigenvalue weighted by Crippen LogP contribution is 2.31. The molecule has 0 bridgehead atoms. The normalized spacial score (nSPS) is 27.0. The van der Waals surface area contributed by atoms with Crippen LogP contribution in [0.3, 0.4) is 0 Å². The van der Waals surface area contributed by atoms with E-state index in [1.54, 1.807) is 0 Å². The molecule has 2 heterocycles. The lowest BCUT2D eigenvalue weighted by molar-refractivity contribution is -0.154. The van der Waals surface area contributed by atoms with Crippen LogP contribution in [0.5, 0.6) is 0 Å². The Kier molecular flexibility index (Phi) is 5.18. The van der Waals surface area contributed by atoms with Crippen LogP contribution in [0.2, 0.25) is 0 Å². The number of morpholine rings is 1. The summed E-state index contributed by atoms with van der Waals surface area (Å²) in [5, 5.41) is 0. The Morgan fingerprint density at radius 1 is 1.12 bits per heavy atom. The summed E-state index contributed by atoms with van der Waals surface area (Å²) in [6, 6.07) is 9.73. The van der Waals surface area contributed by atoms with Crippen molar-refractivity contribution < 1.29 is 19.1 Å². The lowest BCUT2D eigenvalue weighted by Crippen LogP contribution is -2.54. The summed E-state index contributed by atoms with van der Waals surface area (Å²) < 4.78 is 5.97. The number of hydrogen-bond acceptors (Lipinski definition) is 4. The second-order valence-corrected chi connectivity index (χ2v) is 6.74. The van der Waals surface area contributed by atoms with Gasteiger partial charge in [0.15, 0.2) is 0 Å². The molecular weight excluding hydrogens is 320 g/mol. The van der Waals surface area contributed by atoms with Gasteiger partial charge in [-0.3, -0.25) is 19.3 Å². The topological polar surface area (TPSA) is 66.9 Å². The molecule has 0 aliphatic carbocycles. The molecule has 1 aromatic carbocycles. The molecule has 0 radical (unpaired) electrons. The Labute approximate surface area is 147 Å². The maximum Gasteiger partial charge on any atom is 0.229 e. The van der Waals surface area contributed by atoms with Gasteiger partial charge in [-0.2, -0.15) is 0 Å². The van der Waals surface area contributed by atoms with E-state index in [1.807, 2.05) is 49.1 Å². The molecule has 2 saturated heterocycles. The molecule has 3 rings (SSSR count). The molecule has 2 aliphatic rings. The Morgan fingerprint density at radius 3 is 2.40 bits per heavy atom.